The molecule has 0 bridgehead atoms. The number of methoxy groups -OCH3 is 1. The van der Waals surface area contributed by atoms with Gasteiger partial charge in [0.1, 0.15) is 11.6 Å². The number of Topliss-reactive ketones (excluding diaryl/α,β-unsaturated/α-hetero) is 1. The average molecular weight is 265 g/mol. The van der Waals surface area contributed by atoms with Crippen molar-refractivity contribution in [3.05, 3.63) is 29.6 Å². The number of carbonyl (C=O) groups excluding carboxylic acids is 1. The SMILES string of the molecule is COc1ccc(C(=O)C2CCC(CN)CC2)c(F)c1. The topological polar surface area (TPSA) is 52.3 Å². The summed E-state index contributed by atoms with van der Waals surface area (Å²) in [7, 11) is 1.48. The highest BCUT2D eigenvalue weighted by Gasteiger charge is 2.27. The molecule has 0 atom stereocenters. The van der Waals surface area contributed by atoms with Gasteiger partial charge in [-0.3, -0.25) is 4.79 Å². The van der Waals surface area contributed by atoms with Crippen molar-refractivity contribution in [2.75, 3.05) is 13.7 Å². The number of benzene rings is 1. The van der Waals surface area contributed by atoms with Gasteiger partial charge in [-0.05, 0) is 50.3 Å². The van der Waals surface area contributed by atoms with Crippen LogP contribution < -0.4 is 10.5 Å². The highest BCUT2D eigenvalue weighted by molar-refractivity contribution is 5.98. The average Bonchev–Trinajstić information content (AvgIpc) is 2.46. The standard InChI is InChI=1S/C15H20FNO2/c1-19-12-6-7-13(14(16)8-12)15(18)11-4-2-10(9-17)3-5-11/h6-8,10-11H,2-5,9,17H2,1H3. The van der Waals surface area contributed by atoms with Crippen LogP contribution in [0.3, 0.4) is 0 Å². The largest absolute Gasteiger partial charge is 0.497 e. The Morgan fingerprint density at radius 2 is 2.05 bits per heavy atom. The zero-order valence-corrected chi connectivity index (χ0v) is 11.2. The van der Waals surface area contributed by atoms with Gasteiger partial charge in [0.15, 0.2) is 5.78 Å². The first-order valence-corrected chi connectivity index (χ1v) is 6.73. The summed E-state index contributed by atoms with van der Waals surface area (Å²) in [6, 6.07) is 4.41. The lowest BCUT2D eigenvalue weighted by molar-refractivity contribution is 0.0869. The Morgan fingerprint density at radius 3 is 2.58 bits per heavy atom. The Balaban J connectivity index is 2.08. The number of hydrogen-bond donors (Lipinski definition) is 1. The summed E-state index contributed by atoms with van der Waals surface area (Å²) in [6.07, 6.45) is 3.55. The predicted octanol–water partition coefficient (Wildman–Crippen LogP) is 2.78. The fourth-order valence-corrected chi connectivity index (χ4v) is 2.70. The van der Waals surface area contributed by atoms with E-state index in [4.69, 9.17) is 10.5 Å². The molecule has 0 radical (unpaired) electrons. The lowest BCUT2D eigenvalue weighted by Crippen LogP contribution is -2.26. The van der Waals surface area contributed by atoms with Crippen LogP contribution in [-0.2, 0) is 0 Å². The molecule has 0 unspecified atom stereocenters. The summed E-state index contributed by atoms with van der Waals surface area (Å²) in [5, 5.41) is 0. The maximum Gasteiger partial charge on any atom is 0.168 e. The first-order valence-electron chi connectivity index (χ1n) is 6.73. The first-order chi connectivity index (χ1) is 9.15. The monoisotopic (exact) mass is 265 g/mol. The highest BCUT2D eigenvalue weighted by Crippen LogP contribution is 2.31. The van der Waals surface area contributed by atoms with E-state index in [2.05, 4.69) is 0 Å². The van der Waals surface area contributed by atoms with Crippen LogP contribution in [0.1, 0.15) is 36.0 Å². The Labute approximate surface area is 112 Å². The number of halogens is 1. The smallest absolute Gasteiger partial charge is 0.168 e. The van der Waals surface area contributed by atoms with Gasteiger partial charge in [-0.1, -0.05) is 0 Å². The van der Waals surface area contributed by atoms with E-state index in [1.807, 2.05) is 0 Å². The fraction of sp³-hybridized carbons (Fsp3) is 0.533. The molecule has 0 aliphatic heterocycles. The van der Waals surface area contributed by atoms with Crippen LogP contribution in [0, 0.1) is 17.7 Å². The highest BCUT2D eigenvalue weighted by atomic mass is 19.1. The third-order valence-electron chi connectivity index (χ3n) is 3.99. The molecule has 1 aromatic carbocycles. The molecule has 0 saturated heterocycles. The molecule has 2 N–H and O–H groups in total. The molecule has 1 aromatic rings. The zero-order valence-electron chi connectivity index (χ0n) is 11.2. The molecular weight excluding hydrogens is 245 g/mol. The van der Waals surface area contributed by atoms with Crippen molar-refractivity contribution in [3.63, 3.8) is 0 Å². The van der Waals surface area contributed by atoms with Gasteiger partial charge < -0.3 is 10.5 Å². The van der Waals surface area contributed by atoms with Gasteiger partial charge in [-0.2, -0.15) is 0 Å². The van der Waals surface area contributed by atoms with E-state index in [9.17, 15) is 9.18 Å². The van der Waals surface area contributed by atoms with E-state index in [1.165, 1.54) is 19.2 Å². The molecule has 0 spiro atoms. The van der Waals surface area contributed by atoms with Crippen molar-refractivity contribution in [3.8, 4) is 5.75 Å². The maximum atomic E-state index is 13.9. The van der Waals surface area contributed by atoms with Gasteiger partial charge in [-0.25, -0.2) is 4.39 Å². The molecule has 1 saturated carbocycles. The van der Waals surface area contributed by atoms with Crippen LogP contribution in [0.2, 0.25) is 0 Å². The molecule has 1 fully saturated rings. The van der Waals surface area contributed by atoms with Gasteiger partial charge in [0, 0.05) is 12.0 Å². The van der Waals surface area contributed by atoms with Gasteiger partial charge >= 0.3 is 0 Å². The quantitative estimate of drug-likeness (QED) is 0.852. The second kappa shape index (κ2) is 6.15. The van der Waals surface area contributed by atoms with Crippen molar-refractivity contribution in [2.24, 2.45) is 17.6 Å². The molecule has 0 amide bonds. The Morgan fingerprint density at radius 1 is 1.37 bits per heavy atom. The number of hydrogen-bond acceptors (Lipinski definition) is 3. The molecule has 19 heavy (non-hydrogen) atoms. The van der Waals surface area contributed by atoms with Crippen molar-refractivity contribution in [1.29, 1.82) is 0 Å². The van der Waals surface area contributed by atoms with Crippen LogP contribution in [0.5, 0.6) is 5.75 Å². The van der Waals surface area contributed by atoms with Crippen LogP contribution in [-0.4, -0.2) is 19.4 Å². The molecule has 1 aliphatic carbocycles. The van der Waals surface area contributed by atoms with Gasteiger partial charge in [0.05, 0.1) is 12.7 Å². The fourth-order valence-electron chi connectivity index (χ4n) is 2.70. The molecule has 1 aliphatic rings. The molecule has 2 rings (SSSR count). The molecule has 0 aromatic heterocycles. The maximum absolute atomic E-state index is 13.9. The van der Waals surface area contributed by atoms with Gasteiger partial charge in [0.25, 0.3) is 0 Å². The van der Waals surface area contributed by atoms with Gasteiger partial charge in [-0.15, -0.1) is 0 Å². The van der Waals surface area contributed by atoms with E-state index in [0.29, 0.717) is 18.2 Å². The third-order valence-corrected chi connectivity index (χ3v) is 3.99. The Kier molecular flexibility index (Phi) is 4.53. The minimum Gasteiger partial charge on any atom is -0.497 e. The molecule has 4 heteroatoms. The summed E-state index contributed by atoms with van der Waals surface area (Å²) in [5.74, 6) is 0.303. The van der Waals surface area contributed by atoms with E-state index in [-0.39, 0.29) is 17.3 Å². The summed E-state index contributed by atoms with van der Waals surface area (Å²) in [5.41, 5.74) is 5.81. The summed E-state index contributed by atoms with van der Waals surface area (Å²) < 4.78 is 18.8. The minimum absolute atomic E-state index is 0.0642. The van der Waals surface area contributed by atoms with Crippen LogP contribution >= 0.6 is 0 Å². The number of ether oxygens (including phenoxy) is 1. The van der Waals surface area contributed by atoms with E-state index >= 15 is 0 Å². The Bertz CT molecular complexity index is 453. The van der Waals surface area contributed by atoms with Crippen molar-refractivity contribution >= 4 is 5.78 Å². The molecular formula is C15H20FNO2. The number of ketones is 1. The molecule has 0 heterocycles. The van der Waals surface area contributed by atoms with Crippen molar-refractivity contribution in [2.45, 2.75) is 25.7 Å². The van der Waals surface area contributed by atoms with E-state index in [0.717, 1.165) is 25.7 Å². The molecule has 3 nitrogen and oxygen atoms in total. The second-order valence-electron chi connectivity index (χ2n) is 5.16. The zero-order chi connectivity index (χ0) is 13.8. The normalized spacial score (nSPS) is 23.1. The van der Waals surface area contributed by atoms with Crippen LogP contribution in [0.15, 0.2) is 18.2 Å². The van der Waals surface area contributed by atoms with Crippen LogP contribution in [0.4, 0.5) is 4.39 Å². The minimum atomic E-state index is -0.495. The molecule has 104 valence electrons. The van der Waals surface area contributed by atoms with Crippen LogP contribution in [0.25, 0.3) is 0 Å². The number of rotatable bonds is 4. The lowest BCUT2D eigenvalue weighted by atomic mass is 9.78. The van der Waals surface area contributed by atoms with Crippen molar-refractivity contribution in [1.82, 2.24) is 0 Å². The number of carbonyl (C=O) groups is 1. The van der Waals surface area contributed by atoms with Gasteiger partial charge in [0.2, 0.25) is 0 Å². The van der Waals surface area contributed by atoms with E-state index < -0.39 is 5.82 Å². The second-order valence-corrected chi connectivity index (χ2v) is 5.16. The summed E-state index contributed by atoms with van der Waals surface area (Å²) >= 11 is 0. The first kappa shape index (κ1) is 14.0. The number of nitrogens with two attached hydrogens (primary N) is 1. The van der Waals surface area contributed by atoms with Crippen molar-refractivity contribution < 1.29 is 13.9 Å². The predicted molar refractivity (Wildman–Crippen MR) is 71.8 cm³/mol. The lowest BCUT2D eigenvalue weighted by Gasteiger charge is -2.26. The Hall–Kier alpha value is -1.42. The van der Waals surface area contributed by atoms with E-state index in [1.54, 1.807) is 6.07 Å². The summed E-state index contributed by atoms with van der Waals surface area (Å²) in [4.78, 5) is 12.3. The summed E-state index contributed by atoms with van der Waals surface area (Å²) in [6.45, 7) is 0.678. The third kappa shape index (κ3) is 3.13.